The van der Waals surface area contributed by atoms with Gasteiger partial charge < -0.3 is 15.5 Å². The molecule has 2 rings (SSSR count). The topological polar surface area (TPSA) is 39.7 Å². The van der Waals surface area contributed by atoms with Crippen molar-refractivity contribution in [3.05, 3.63) is 57.8 Å². The van der Waals surface area contributed by atoms with Gasteiger partial charge in [-0.1, -0.05) is 30.3 Å². The van der Waals surface area contributed by atoms with Crippen molar-refractivity contribution in [2.45, 2.75) is 20.0 Å². The minimum atomic E-state index is 0. The minimum absolute atomic E-state index is 0. The van der Waals surface area contributed by atoms with Crippen LogP contribution in [0.1, 0.15) is 15.3 Å². The van der Waals surface area contributed by atoms with Gasteiger partial charge in [0, 0.05) is 36.4 Å². The van der Waals surface area contributed by atoms with Crippen LogP contribution in [0.5, 0.6) is 0 Å². The maximum atomic E-state index is 4.27. The van der Waals surface area contributed by atoms with E-state index in [1.807, 2.05) is 18.4 Å². The van der Waals surface area contributed by atoms with Gasteiger partial charge in [-0.15, -0.1) is 35.3 Å². The van der Waals surface area contributed by atoms with Gasteiger partial charge in [0.15, 0.2) is 5.96 Å². The van der Waals surface area contributed by atoms with Gasteiger partial charge in [-0.25, -0.2) is 0 Å². The van der Waals surface area contributed by atoms with E-state index in [1.54, 1.807) is 0 Å². The van der Waals surface area contributed by atoms with Crippen LogP contribution in [0.2, 0.25) is 0 Å². The third-order valence-corrected chi connectivity index (χ3v) is 4.53. The van der Waals surface area contributed by atoms with Crippen LogP contribution in [-0.2, 0) is 13.1 Å². The highest BCUT2D eigenvalue weighted by Crippen LogP contribution is 2.14. The molecule has 1 aromatic carbocycles. The van der Waals surface area contributed by atoms with E-state index in [4.69, 9.17) is 0 Å². The van der Waals surface area contributed by atoms with Crippen molar-refractivity contribution in [2.24, 2.45) is 4.99 Å². The molecule has 0 aliphatic rings. The maximum Gasteiger partial charge on any atom is 0.191 e. The lowest BCUT2D eigenvalue weighted by molar-refractivity contribution is 0.331. The lowest BCUT2D eigenvalue weighted by Gasteiger charge is -2.18. The molecule has 6 heteroatoms. The second-order valence-corrected chi connectivity index (χ2v) is 6.96. The number of rotatable bonds is 7. The van der Waals surface area contributed by atoms with E-state index >= 15 is 0 Å². The molecule has 0 amide bonds. The van der Waals surface area contributed by atoms with Gasteiger partial charge in [-0.2, -0.15) is 0 Å². The minimum Gasteiger partial charge on any atom is -0.355 e. The zero-order chi connectivity index (χ0) is 16.5. The van der Waals surface area contributed by atoms with Crippen LogP contribution >= 0.6 is 35.3 Å². The van der Waals surface area contributed by atoms with Crippen LogP contribution in [-0.4, -0.2) is 38.0 Å². The Morgan fingerprint density at radius 3 is 2.50 bits per heavy atom. The highest BCUT2D eigenvalue weighted by molar-refractivity contribution is 14.0. The van der Waals surface area contributed by atoms with Gasteiger partial charge in [0.1, 0.15) is 0 Å². The summed E-state index contributed by atoms with van der Waals surface area (Å²) in [6, 6.07) is 14.8. The molecule has 24 heavy (non-hydrogen) atoms. The fraction of sp³-hybridized carbons (Fsp3) is 0.389. The van der Waals surface area contributed by atoms with Crippen molar-refractivity contribution >= 4 is 41.3 Å². The van der Waals surface area contributed by atoms with Crippen molar-refractivity contribution < 1.29 is 0 Å². The predicted molar refractivity (Wildman–Crippen MR) is 115 cm³/mol. The molecule has 0 saturated heterocycles. The van der Waals surface area contributed by atoms with Gasteiger partial charge in [-0.05, 0) is 31.7 Å². The number of thiophene rings is 1. The standard InChI is InChI=1S/C18H26N4S.HI/c1-15-9-10-17(23-15)13-21-18(19-2)20-11-12-22(3)14-16-7-5-4-6-8-16;/h4-10H,11-14H2,1-3H3,(H2,19,20,21);1H. The van der Waals surface area contributed by atoms with E-state index in [9.17, 15) is 0 Å². The molecule has 0 aliphatic heterocycles. The van der Waals surface area contributed by atoms with Gasteiger partial charge in [-0.3, -0.25) is 4.99 Å². The quantitative estimate of drug-likeness (QED) is 0.379. The first-order chi connectivity index (χ1) is 11.2. The Morgan fingerprint density at radius 1 is 1.12 bits per heavy atom. The maximum absolute atomic E-state index is 4.27. The van der Waals surface area contributed by atoms with Crippen molar-refractivity contribution in [2.75, 3.05) is 27.2 Å². The molecule has 132 valence electrons. The number of hydrogen-bond acceptors (Lipinski definition) is 3. The number of hydrogen-bond donors (Lipinski definition) is 2. The summed E-state index contributed by atoms with van der Waals surface area (Å²) in [4.78, 5) is 9.24. The predicted octanol–water partition coefficient (Wildman–Crippen LogP) is 3.47. The Bertz CT molecular complexity index is 612. The highest BCUT2D eigenvalue weighted by Gasteiger charge is 2.02. The van der Waals surface area contributed by atoms with E-state index in [0.717, 1.165) is 32.1 Å². The van der Waals surface area contributed by atoms with Gasteiger partial charge in [0.25, 0.3) is 0 Å². The van der Waals surface area contributed by atoms with E-state index < -0.39 is 0 Å². The lowest BCUT2D eigenvalue weighted by atomic mass is 10.2. The molecular weight excluding hydrogens is 431 g/mol. The number of guanidine groups is 1. The average Bonchev–Trinajstić information content (AvgIpc) is 2.97. The summed E-state index contributed by atoms with van der Waals surface area (Å²) in [6.07, 6.45) is 0. The summed E-state index contributed by atoms with van der Waals surface area (Å²) in [5.74, 6) is 0.851. The molecule has 0 aliphatic carbocycles. The molecule has 0 bridgehead atoms. The molecule has 2 aromatic rings. The molecule has 1 aromatic heterocycles. The molecular formula is C18H27IN4S. The zero-order valence-corrected chi connectivity index (χ0v) is 17.7. The summed E-state index contributed by atoms with van der Waals surface area (Å²) in [7, 11) is 3.95. The molecule has 0 saturated carbocycles. The average molecular weight is 458 g/mol. The molecule has 0 spiro atoms. The molecule has 0 fully saturated rings. The number of likely N-dealkylation sites (N-methyl/N-ethyl adjacent to an activating group) is 1. The number of nitrogens with one attached hydrogen (secondary N) is 2. The number of nitrogens with zero attached hydrogens (tertiary/aromatic N) is 2. The third-order valence-electron chi connectivity index (χ3n) is 3.53. The van der Waals surface area contributed by atoms with Crippen LogP contribution in [0, 0.1) is 6.92 Å². The van der Waals surface area contributed by atoms with Crippen LogP contribution in [0.4, 0.5) is 0 Å². The first-order valence-corrected chi connectivity index (χ1v) is 8.71. The smallest absolute Gasteiger partial charge is 0.191 e. The van der Waals surface area contributed by atoms with Gasteiger partial charge in [0.05, 0.1) is 6.54 Å². The fourth-order valence-corrected chi connectivity index (χ4v) is 3.14. The monoisotopic (exact) mass is 458 g/mol. The van der Waals surface area contributed by atoms with E-state index in [1.165, 1.54) is 15.3 Å². The number of aliphatic imine (C=N–C) groups is 1. The van der Waals surface area contributed by atoms with Crippen LogP contribution in [0.3, 0.4) is 0 Å². The van der Waals surface area contributed by atoms with Crippen LogP contribution in [0.25, 0.3) is 0 Å². The van der Waals surface area contributed by atoms with Gasteiger partial charge >= 0.3 is 0 Å². The summed E-state index contributed by atoms with van der Waals surface area (Å²) >= 11 is 1.82. The zero-order valence-electron chi connectivity index (χ0n) is 14.6. The second-order valence-electron chi connectivity index (χ2n) is 5.59. The summed E-state index contributed by atoms with van der Waals surface area (Å²) < 4.78 is 0. The fourth-order valence-electron chi connectivity index (χ4n) is 2.31. The Morgan fingerprint density at radius 2 is 1.88 bits per heavy atom. The molecule has 0 radical (unpaired) electrons. The summed E-state index contributed by atoms with van der Waals surface area (Å²) in [6.45, 7) is 5.74. The SMILES string of the molecule is CN=C(NCCN(C)Cc1ccccc1)NCc1ccc(C)s1.I. The number of benzene rings is 1. The van der Waals surface area contributed by atoms with E-state index in [0.29, 0.717) is 0 Å². The largest absolute Gasteiger partial charge is 0.355 e. The van der Waals surface area contributed by atoms with Crippen molar-refractivity contribution in [1.82, 2.24) is 15.5 Å². The molecule has 4 nitrogen and oxygen atoms in total. The molecule has 0 atom stereocenters. The van der Waals surface area contributed by atoms with E-state index in [-0.39, 0.29) is 24.0 Å². The molecule has 0 unspecified atom stereocenters. The Kier molecular flexibility index (Phi) is 9.97. The van der Waals surface area contributed by atoms with Crippen molar-refractivity contribution in [1.29, 1.82) is 0 Å². The summed E-state index contributed by atoms with van der Waals surface area (Å²) in [5.41, 5.74) is 1.34. The van der Waals surface area contributed by atoms with Crippen molar-refractivity contribution in [3.8, 4) is 0 Å². The third kappa shape index (κ3) is 7.63. The van der Waals surface area contributed by atoms with Gasteiger partial charge in [0.2, 0.25) is 0 Å². The first-order valence-electron chi connectivity index (χ1n) is 7.89. The first kappa shape index (κ1) is 20.9. The second kappa shape index (κ2) is 11.4. The van der Waals surface area contributed by atoms with Crippen LogP contribution < -0.4 is 10.6 Å². The normalized spacial score (nSPS) is 11.2. The summed E-state index contributed by atoms with van der Waals surface area (Å²) in [5, 5.41) is 6.72. The lowest BCUT2D eigenvalue weighted by Crippen LogP contribution is -2.40. The highest BCUT2D eigenvalue weighted by atomic mass is 127. The van der Waals surface area contributed by atoms with Crippen molar-refractivity contribution in [3.63, 3.8) is 0 Å². The Balaban J connectivity index is 0.00000288. The Hall–Kier alpha value is -1.12. The molecule has 1 heterocycles. The molecule has 2 N–H and O–H groups in total. The number of halogens is 1. The van der Waals surface area contributed by atoms with Crippen LogP contribution in [0.15, 0.2) is 47.5 Å². The number of aryl methyl sites for hydroxylation is 1. The Labute approximate surface area is 166 Å². The van der Waals surface area contributed by atoms with E-state index in [2.05, 4.69) is 77.0 Å².